The highest BCUT2D eigenvalue weighted by molar-refractivity contribution is 7.92. The summed E-state index contributed by atoms with van der Waals surface area (Å²) in [6, 6.07) is 12.7. The minimum absolute atomic E-state index is 0.00995. The number of aromatic carboxylic acids is 1. The Morgan fingerprint density at radius 2 is 1.44 bits per heavy atom. The lowest BCUT2D eigenvalue weighted by Crippen LogP contribution is -2.14. The predicted molar refractivity (Wildman–Crippen MR) is 93.9 cm³/mol. The first-order valence-electron chi connectivity index (χ1n) is 7.59. The summed E-state index contributed by atoms with van der Waals surface area (Å²) in [6.45, 7) is 2.15. The smallest absolute Gasteiger partial charge is 0.335 e. The maximum Gasteiger partial charge on any atom is 0.335 e. The molecule has 0 aromatic heterocycles. The van der Waals surface area contributed by atoms with Crippen molar-refractivity contribution in [1.82, 2.24) is 0 Å². The highest BCUT2D eigenvalue weighted by Crippen LogP contribution is 2.17. The summed E-state index contributed by atoms with van der Waals surface area (Å²) in [5, 5.41) is 8.81. The van der Waals surface area contributed by atoms with Crippen molar-refractivity contribution in [3.8, 4) is 11.5 Å². The molecule has 0 spiro atoms. The molecule has 0 fully saturated rings. The van der Waals surface area contributed by atoms with Crippen LogP contribution in [0.4, 0.5) is 5.69 Å². The summed E-state index contributed by atoms with van der Waals surface area (Å²) < 4.78 is 36.3. The van der Waals surface area contributed by atoms with Crippen LogP contribution in [0.2, 0.25) is 0 Å². The maximum absolute atomic E-state index is 11.5. The molecule has 0 aliphatic rings. The Bertz CT molecular complexity index is 800. The summed E-state index contributed by atoms with van der Waals surface area (Å²) in [7, 11) is -3.29. The van der Waals surface area contributed by atoms with Gasteiger partial charge in [-0.15, -0.1) is 0 Å². The molecule has 25 heavy (non-hydrogen) atoms. The number of carbonyl (C=O) groups is 1. The third-order valence-corrected chi connectivity index (χ3v) is 4.54. The number of rotatable bonds is 9. The van der Waals surface area contributed by atoms with Crippen LogP contribution in [-0.2, 0) is 10.0 Å². The zero-order valence-electron chi connectivity index (χ0n) is 13.6. The van der Waals surface area contributed by atoms with E-state index >= 15 is 0 Å². The molecule has 2 N–H and O–H groups in total. The van der Waals surface area contributed by atoms with Crippen LogP contribution in [-0.4, -0.2) is 38.5 Å². The lowest BCUT2D eigenvalue weighted by Gasteiger charge is -2.10. The first-order valence-corrected chi connectivity index (χ1v) is 9.24. The number of anilines is 1. The van der Waals surface area contributed by atoms with Gasteiger partial charge in [0.1, 0.15) is 24.7 Å². The highest BCUT2D eigenvalue weighted by Gasteiger charge is 2.06. The molecule has 0 aliphatic heterocycles. The Morgan fingerprint density at radius 1 is 0.960 bits per heavy atom. The number of hydrogen-bond acceptors (Lipinski definition) is 5. The van der Waals surface area contributed by atoms with Crippen LogP contribution in [0.5, 0.6) is 11.5 Å². The quantitative estimate of drug-likeness (QED) is 0.662. The highest BCUT2D eigenvalue weighted by atomic mass is 32.2. The third kappa shape index (κ3) is 6.00. The zero-order valence-corrected chi connectivity index (χ0v) is 14.5. The van der Waals surface area contributed by atoms with E-state index in [1.165, 1.54) is 12.1 Å². The molecule has 0 radical (unpaired) electrons. The van der Waals surface area contributed by atoms with Gasteiger partial charge in [-0.25, -0.2) is 13.2 Å². The van der Waals surface area contributed by atoms with Crippen LogP contribution in [0.3, 0.4) is 0 Å². The van der Waals surface area contributed by atoms with Gasteiger partial charge in [0.05, 0.1) is 11.3 Å². The van der Waals surface area contributed by atoms with Crippen molar-refractivity contribution in [1.29, 1.82) is 0 Å². The van der Waals surface area contributed by atoms with Crippen molar-refractivity contribution in [3.63, 3.8) is 0 Å². The van der Waals surface area contributed by atoms with Gasteiger partial charge in [0.15, 0.2) is 0 Å². The van der Waals surface area contributed by atoms with E-state index in [2.05, 4.69) is 4.72 Å². The average molecular weight is 365 g/mol. The minimum atomic E-state index is -3.29. The van der Waals surface area contributed by atoms with Gasteiger partial charge in [0.2, 0.25) is 10.0 Å². The molecule has 2 aromatic rings. The van der Waals surface area contributed by atoms with Crippen molar-refractivity contribution >= 4 is 21.7 Å². The minimum Gasteiger partial charge on any atom is -0.490 e. The molecular formula is C17H19NO6S. The van der Waals surface area contributed by atoms with E-state index in [0.29, 0.717) is 23.8 Å². The second-order valence-corrected chi connectivity index (χ2v) is 7.07. The molecule has 7 nitrogen and oxygen atoms in total. The average Bonchev–Trinajstić information content (AvgIpc) is 2.60. The number of carboxylic acids is 1. The molecule has 2 rings (SSSR count). The Balaban J connectivity index is 1.77. The number of ether oxygens (including phenoxy) is 2. The summed E-state index contributed by atoms with van der Waals surface area (Å²) in [5.41, 5.74) is 0.673. The molecule has 0 bridgehead atoms. The van der Waals surface area contributed by atoms with Gasteiger partial charge in [-0.05, 0) is 55.5 Å². The lowest BCUT2D eigenvalue weighted by atomic mass is 10.2. The first-order chi connectivity index (χ1) is 11.9. The Labute approximate surface area is 146 Å². The summed E-state index contributed by atoms with van der Waals surface area (Å²) in [5.74, 6) is 0.164. The van der Waals surface area contributed by atoms with Crippen LogP contribution in [0.25, 0.3) is 0 Å². The molecule has 0 atom stereocenters. The van der Waals surface area contributed by atoms with Crippen molar-refractivity contribution in [2.75, 3.05) is 23.7 Å². The van der Waals surface area contributed by atoms with Gasteiger partial charge in [-0.1, -0.05) is 0 Å². The fraction of sp³-hybridized carbons (Fsp3) is 0.235. The molecule has 8 heteroatoms. The van der Waals surface area contributed by atoms with Gasteiger partial charge < -0.3 is 14.6 Å². The molecule has 0 amide bonds. The number of nitrogens with one attached hydrogen (secondary N) is 1. The van der Waals surface area contributed by atoms with Crippen LogP contribution in [0, 0.1) is 0 Å². The van der Waals surface area contributed by atoms with Crippen LogP contribution in [0.1, 0.15) is 17.3 Å². The van der Waals surface area contributed by atoms with Crippen LogP contribution in [0.15, 0.2) is 48.5 Å². The van der Waals surface area contributed by atoms with E-state index in [1.807, 2.05) is 0 Å². The molecule has 2 aromatic carbocycles. The second-order valence-electron chi connectivity index (χ2n) is 5.06. The summed E-state index contributed by atoms with van der Waals surface area (Å²) in [4.78, 5) is 10.7. The molecule has 0 unspecified atom stereocenters. The fourth-order valence-electron chi connectivity index (χ4n) is 1.88. The standard InChI is InChI=1S/C17H19NO6S/c1-2-25(21,22)18-14-5-9-16(10-6-14)24-12-11-23-15-7-3-13(4-8-15)17(19)20/h3-10,18H,2,11-12H2,1H3,(H,19,20). The number of benzene rings is 2. The maximum atomic E-state index is 11.5. The van der Waals surface area contributed by atoms with Crippen molar-refractivity contribution < 1.29 is 27.8 Å². The van der Waals surface area contributed by atoms with Gasteiger partial charge in [-0.3, -0.25) is 4.72 Å². The van der Waals surface area contributed by atoms with Crippen molar-refractivity contribution in [2.24, 2.45) is 0 Å². The number of carboxylic acid groups (broad SMARTS) is 1. The van der Waals surface area contributed by atoms with Gasteiger partial charge in [0.25, 0.3) is 0 Å². The summed E-state index contributed by atoms with van der Waals surface area (Å²) >= 11 is 0. The topological polar surface area (TPSA) is 102 Å². The van der Waals surface area contributed by atoms with Crippen LogP contribution >= 0.6 is 0 Å². The zero-order chi connectivity index (χ0) is 18.3. The van der Waals surface area contributed by atoms with E-state index in [4.69, 9.17) is 14.6 Å². The Hall–Kier alpha value is -2.74. The van der Waals surface area contributed by atoms with Gasteiger partial charge >= 0.3 is 5.97 Å². The molecule has 0 heterocycles. The van der Waals surface area contributed by atoms with Crippen molar-refractivity contribution in [3.05, 3.63) is 54.1 Å². The number of sulfonamides is 1. The van der Waals surface area contributed by atoms with E-state index in [0.717, 1.165) is 0 Å². The largest absolute Gasteiger partial charge is 0.490 e. The van der Waals surface area contributed by atoms with Gasteiger partial charge in [0, 0.05) is 5.69 Å². The Kier molecular flexibility index (Phi) is 6.24. The predicted octanol–water partition coefficient (Wildman–Crippen LogP) is 2.60. The Morgan fingerprint density at radius 3 is 1.88 bits per heavy atom. The van der Waals surface area contributed by atoms with E-state index < -0.39 is 16.0 Å². The van der Waals surface area contributed by atoms with Gasteiger partial charge in [-0.2, -0.15) is 0 Å². The van der Waals surface area contributed by atoms with E-state index in [-0.39, 0.29) is 17.9 Å². The molecule has 134 valence electrons. The number of hydrogen-bond donors (Lipinski definition) is 2. The van der Waals surface area contributed by atoms with E-state index in [1.54, 1.807) is 43.3 Å². The van der Waals surface area contributed by atoms with E-state index in [9.17, 15) is 13.2 Å². The normalized spacial score (nSPS) is 10.9. The molecular weight excluding hydrogens is 346 g/mol. The lowest BCUT2D eigenvalue weighted by molar-refractivity contribution is 0.0697. The molecule has 0 saturated carbocycles. The second kappa shape index (κ2) is 8.39. The molecule has 0 aliphatic carbocycles. The monoisotopic (exact) mass is 365 g/mol. The van der Waals surface area contributed by atoms with Crippen molar-refractivity contribution in [2.45, 2.75) is 6.92 Å². The third-order valence-electron chi connectivity index (χ3n) is 3.23. The SMILES string of the molecule is CCS(=O)(=O)Nc1ccc(OCCOc2ccc(C(=O)O)cc2)cc1. The molecule has 0 saturated heterocycles. The summed E-state index contributed by atoms with van der Waals surface area (Å²) in [6.07, 6.45) is 0. The first kappa shape index (κ1) is 18.6. The van der Waals surface area contributed by atoms with Crippen LogP contribution < -0.4 is 14.2 Å². The fourth-order valence-corrected chi connectivity index (χ4v) is 2.52.